The Hall–Kier alpha value is -1.74. The van der Waals surface area contributed by atoms with E-state index in [1.165, 1.54) is 6.33 Å². The molecule has 2 aromatic rings. The molecule has 19 heavy (non-hydrogen) atoms. The van der Waals surface area contributed by atoms with Crippen LogP contribution in [0.1, 0.15) is 39.6 Å². The number of fused-ring (bicyclic) bond motifs is 1. The van der Waals surface area contributed by atoms with E-state index in [1.807, 2.05) is 31.2 Å². The number of aromatic nitrogens is 2. The van der Waals surface area contributed by atoms with Crippen LogP contribution in [0.4, 0.5) is 0 Å². The van der Waals surface area contributed by atoms with Gasteiger partial charge in [-0.1, -0.05) is 29.8 Å². The lowest BCUT2D eigenvalue weighted by Gasteiger charge is -2.24. The average molecular weight is 273 g/mol. The van der Waals surface area contributed by atoms with Crippen molar-refractivity contribution in [3.8, 4) is 0 Å². The zero-order chi connectivity index (χ0) is 13.4. The second kappa shape index (κ2) is 4.74. The molecule has 1 heterocycles. The molecule has 0 spiro atoms. The summed E-state index contributed by atoms with van der Waals surface area (Å²) in [6.07, 6.45) is 2.75. The SMILES string of the molecule is Cc1ncnc2c1C(=O)C[C@@H](c1ccccc1Cl)C2. The summed E-state index contributed by atoms with van der Waals surface area (Å²) >= 11 is 6.22. The zero-order valence-electron chi connectivity index (χ0n) is 10.6. The Bertz CT molecular complexity index is 654. The van der Waals surface area contributed by atoms with Gasteiger partial charge in [0.1, 0.15) is 6.33 Å². The van der Waals surface area contributed by atoms with E-state index in [4.69, 9.17) is 11.6 Å². The predicted molar refractivity (Wildman–Crippen MR) is 73.6 cm³/mol. The number of hydrogen-bond acceptors (Lipinski definition) is 3. The number of nitrogens with zero attached hydrogens (tertiary/aromatic N) is 2. The number of halogens is 1. The summed E-state index contributed by atoms with van der Waals surface area (Å²) in [7, 11) is 0. The summed E-state index contributed by atoms with van der Waals surface area (Å²) in [6.45, 7) is 1.86. The second-order valence-electron chi connectivity index (χ2n) is 4.83. The van der Waals surface area contributed by atoms with Crippen molar-refractivity contribution >= 4 is 17.4 Å². The van der Waals surface area contributed by atoms with Crippen LogP contribution in [0.5, 0.6) is 0 Å². The first-order valence-electron chi connectivity index (χ1n) is 6.25. The Labute approximate surface area is 116 Å². The largest absolute Gasteiger partial charge is 0.294 e. The highest BCUT2D eigenvalue weighted by molar-refractivity contribution is 6.31. The molecule has 3 rings (SSSR count). The molecular weight excluding hydrogens is 260 g/mol. The molecule has 0 amide bonds. The lowest BCUT2D eigenvalue weighted by atomic mass is 9.81. The Morgan fingerprint density at radius 1 is 1.21 bits per heavy atom. The van der Waals surface area contributed by atoms with Crippen LogP contribution in [0.2, 0.25) is 5.02 Å². The van der Waals surface area contributed by atoms with Gasteiger partial charge in [0.05, 0.1) is 17.0 Å². The first kappa shape index (κ1) is 12.3. The molecule has 1 atom stereocenters. The van der Waals surface area contributed by atoms with Gasteiger partial charge >= 0.3 is 0 Å². The maximum atomic E-state index is 12.3. The van der Waals surface area contributed by atoms with Gasteiger partial charge in [0, 0.05) is 11.4 Å². The Morgan fingerprint density at radius 2 is 2.00 bits per heavy atom. The van der Waals surface area contributed by atoms with Crippen molar-refractivity contribution in [2.75, 3.05) is 0 Å². The Kier molecular flexibility index (Phi) is 3.07. The summed E-state index contributed by atoms with van der Waals surface area (Å²) in [5.41, 5.74) is 3.34. The highest BCUT2D eigenvalue weighted by Crippen LogP contribution is 2.35. The lowest BCUT2D eigenvalue weighted by Crippen LogP contribution is -2.22. The van der Waals surface area contributed by atoms with Gasteiger partial charge in [-0.25, -0.2) is 9.97 Å². The average Bonchev–Trinajstić information content (AvgIpc) is 2.39. The normalized spacial score (nSPS) is 18.2. The van der Waals surface area contributed by atoms with Gasteiger partial charge in [-0.3, -0.25) is 4.79 Å². The maximum absolute atomic E-state index is 12.3. The fourth-order valence-corrected chi connectivity index (χ4v) is 2.99. The van der Waals surface area contributed by atoms with Gasteiger partial charge in [0.2, 0.25) is 0 Å². The number of hydrogen-bond donors (Lipinski definition) is 0. The number of carbonyl (C=O) groups is 1. The molecule has 1 aliphatic rings. The smallest absolute Gasteiger partial charge is 0.167 e. The van der Waals surface area contributed by atoms with Crippen LogP contribution in [-0.2, 0) is 6.42 Å². The lowest BCUT2D eigenvalue weighted by molar-refractivity contribution is 0.0962. The predicted octanol–water partition coefficient (Wildman–Crippen LogP) is 3.35. The van der Waals surface area contributed by atoms with Crippen LogP contribution in [0.15, 0.2) is 30.6 Å². The molecule has 1 aliphatic carbocycles. The summed E-state index contributed by atoms with van der Waals surface area (Å²) in [4.78, 5) is 20.6. The molecule has 0 radical (unpaired) electrons. The van der Waals surface area contributed by atoms with Crippen LogP contribution in [0, 0.1) is 6.92 Å². The van der Waals surface area contributed by atoms with Crippen molar-refractivity contribution in [2.45, 2.75) is 25.7 Å². The zero-order valence-corrected chi connectivity index (χ0v) is 11.3. The Morgan fingerprint density at radius 3 is 2.79 bits per heavy atom. The van der Waals surface area contributed by atoms with Gasteiger partial charge < -0.3 is 0 Å². The van der Waals surface area contributed by atoms with Crippen molar-refractivity contribution in [1.82, 2.24) is 9.97 Å². The highest BCUT2D eigenvalue weighted by atomic mass is 35.5. The molecule has 0 saturated heterocycles. The third-order valence-electron chi connectivity index (χ3n) is 3.61. The van der Waals surface area contributed by atoms with Crippen LogP contribution >= 0.6 is 11.6 Å². The molecule has 1 aromatic carbocycles. The van der Waals surface area contributed by atoms with E-state index in [0.717, 1.165) is 28.4 Å². The minimum atomic E-state index is 0.114. The first-order valence-corrected chi connectivity index (χ1v) is 6.62. The number of rotatable bonds is 1. The van der Waals surface area contributed by atoms with Crippen LogP contribution in [-0.4, -0.2) is 15.8 Å². The molecule has 3 nitrogen and oxygen atoms in total. The molecule has 0 unspecified atom stereocenters. The quantitative estimate of drug-likeness (QED) is 0.799. The van der Waals surface area contributed by atoms with Gasteiger partial charge in [-0.15, -0.1) is 0 Å². The molecule has 1 aromatic heterocycles. The van der Waals surface area contributed by atoms with E-state index in [0.29, 0.717) is 12.0 Å². The molecule has 0 aliphatic heterocycles. The van der Waals surface area contributed by atoms with Crippen molar-refractivity contribution in [3.63, 3.8) is 0 Å². The Balaban J connectivity index is 2.03. The van der Waals surface area contributed by atoms with E-state index in [2.05, 4.69) is 9.97 Å². The maximum Gasteiger partial charge on any atom is 0.167 e. The number of ketones is 1. The van der Waals surface area contributed by atoms with Gasteiger partial charge in [-0.2, -0.15) is 0 Å². The topological polar surface area (TPSA) is 42.9 Å². The second-order valence-corrected chi connectivity index (χ2v) is 5.24. The van der Waals surface area contributed by atoms with E-state index < -0.39 is 0 Å². The highest BCUT2D eigenvalue weighted by Gasteiger charge is 2.29. The van der Waals surface area contributed by atoms with Crippen molar-refractivity contribution in [3.05, 3.63) is 58.1 Å². The number of Topliss-reactive ketones (excluding diaryl/α,β-unsaturated/α-hetero) is 1. The van der Waals surface area contributed by atoms with E-state index in [1.54, 1.807) is 0 Å². The molecule has 0 saturated carbocycles. The molecular formula is C15H13ClN2O. The molecule has 96 valence electrons. The van der Waals surface area contributed by atoms with Crippen molar-refractivity contribution < 1.29 is 4.79 Å². The molecule has 0 N–H and O–H groups in total. The fraction of sp³-hybridized carbons (Fsp3) is 0.267. The molecule has 0 fully saturated rings. The molecule has 0 bridgehead atoms. The van der Waals surface area contributed by atoms with E-state index in [-0.39, 0.29) is 11.7 Å². The van der Waals surface area contributed by atoms with Gasteiger partial charge in [-0.05, 0) is 30.9 Å². The van der Waals surface area contributed by atoms with Crippen LogP contribution in [0.3, 0.4) is 0 Å². The number of carbonyl (C=O) groups excluding carboxylic acids is 1. The minimum Gasteiger partial charge on any atom is -0.294 e. The van der Waals surface area contributed by atoms with Crippen molar-refractivity contribution in [2.24, 2.45) is 0 Å². The standard InChI is InChI=1S/C15H13ClN2O/c1-9-15-13(18-8-17-9)6-10(7-14(15)19)11-4-2-3-5-12(11)16/h2-5,8,10H,6-7H2,1H3/t10-/m0/s1. The monoisotopic (exact) mass is 272 g/mol. The van der Waals surface area contributed by atoms with E-state index in [9.17, 15) is 4.79 Å². The van der Waals surface area contributed by atoms with Gasteiger partial charge in [0.15, 0.2) is 5.78 Å². The van der Waals surface area contributed by atoms with Crippen molar-refractivity contribution in [1.29, 1.82) is 0 Å². The number of aryl methyl sites for hydroxylation is 1. The summed E-state index contributed by atoms with van der Waals surface area (Å²) in [6, 6.07) is 7.70. The minimum absolute atomic E-state index is 0.114. The number of benzene rings is 1. The summed E-state index contributed by atoms with van der Waals surface area (Å²) < 4.78 is 0. The fourth-order valence-electron chi connectivity index (χ4n) is 2.70. The van der Waals surface area contributed by atoms with Gasteiger partial charge in [0.25, 0.3) is 0 Å². The third-order valence-corrected chi connectivity index (χ3v) is 3.95. The summed E-state index contributed by atoms with van der Waals surface area (Å²) in [5.74, 6) is 0.229. The summed E-state index contributed by atoms with van der Waals surface area (Å²) in [5, 5.41) is 0.717. The third kappa shape index (κ3) is 2.15. The van der Waals surface area contributed by atoms with Crippen LogP contribution < -0.4 is 0 Å². The first-order chi connectivity index (χ1) is 9.16. The molecule has 4 heteroatoms. The van der Waals surface area contributed by atoms with E-state index >= 15 is 0 Å². The van der Waals surface area contributed by atoms with Crippen LogP contribution in [0.25, 0.3) is 0 Å².